The molecule has 0 spiro atoms. The summed E-state index contributed by atoms with van der Waals surface area (Å²) in [6.45, 7) is 0.622. The van der Waals surface area contributed by atoms with Gasteiger partial charge in [0.25, 0.3) is 0 Å². The summed E-state index contributed by atoms with van der Waals surface area (Å²) in [5.74, 6) is 1.00. The average molecular weight is 349 g/mol. The zero-order valence-electron chi connectivity index (χ0n) is 13.8. The Kier molecular flexibility index (Phi) is 4.53. The van der Waals surface area contributed by atoms with E-state index >= 15 is 0 Å². The van der Waals surface area contributed by atoms with Gasteiger partial charge >= 0.3 is 0 Å². The van der Waals surface area contributed by atoms with Gasteiger partial charge in [-0.2, -0.15) is 0 Å². The molecule has 0 aliphatic carbocycles. The van der Waals surface area contributed by atoms with Gasteiger partial charge in [-0.05, 0) is 23.1 Å². The third-order valence-corrected chi connectivity index (χ3v) is 5.49. The number of ether oxygens (including phenoxy) is 1. The predicted octanol–water partition coefficient (Wildman–Crippen LogP) is 4.84. The lowest BCUT2D eigenvalue weighted by atomic mass is 9.90. The van der Waals surface area contributed by atoms with Crippen molar-refractivity contribution in [1.82, 2.24) is 0 Å². The molecule has 0 unspecified atom stereocenters. The molecule has 1 N–H and O–H groups in total. The summed E-state index contributed by atoms with van der Waals surface area (Å²) in [4.78, 5) is 13.3. The largest absolute Gasteiger partial charge is 0.493 e. The SMILES string of the molecule is O=C1C[C@H](c2ccccc2OCCc2ccccc2)c2sccc2N1. The van der Waals surface area contributed by atoms with Gasteiger partial charge in [-0.25, -0.2) is 0 Å². The molecule has 1 aliphatic heterocycles. The van der Waals surface area contributed by atoms with Crippen LogP contribution in [0.1, 0.15) is 28.3 Å². The first-order chi connectivity index (χ1) is 12.3. The maximum absolute atomic E-state index is 12.1. The van der Waals surface area contributed by atoms with Gasteiger partial charge in [-0.3, -0.25) is 4.79 Å². The second kappa shape index (κ2) is 7.11. The zero-order chi connectivity index (χ0) is 17.1. The normalized spacial score (nSPS) is 16.2. The molecule has 4 heteroatoms. The Hall–Kier alpha value is -2.59. The van der Waals surface area contributed by atoms with Crippen molar-refractivity contribution in [3.05, 3.63) is 82.0 Å². The van der Waals surface area contributed by atoms with Gasteiger partial charge in [0.15, 0.2) is 0 Å². The number of nitrogens with one attached hydrogen (secondary N) is 1. The van der Waals surface area contributed by atoms with Gasteiger partial charge in [0.1, 0.15) is 5.75 Å². The number of hydrogen-bond acceptors (Lipinski definition) is 3. The third-order valence-electron chi connectivity index (χ3n) is 4.46. The molecule has 0 saturated carbocycles. The molecule has 2 heterocycles. The van der Waals surface area contributed by atoms with Crippen LogP contribution in [0.5, 0.6) is 5.75 Å². The van der Waals surface area contributed by atoms with Crippen molar-refractivity contribution in [2.24, 2.45) is 0 Å². The van der Waals surface area contributed by atoms with Crippen molar-refractivity contribution in [2.45, 2.75) is 18.8 Å². The first-order valence-corrected chi connectivity index (χ1v) is 9.32. The van der Waals surface area contributed by atoms with E-state index in [9.17, 15) is 4.79 Å². The molecule has 3 aromatic rings. The number of carbonyl (C=O) groups excluding carboxylic acids is 1. The molecule has 1 aromatic heterocycles. The van der Waals surface area contributed by atoms with Crippen LogP contribution in [0, 0.1) is 0 Å². The Morgan fingerprint density at radius 3 is 2.72 bits per heavy atom. The Morgan fingerprint density at radius 1 is 1.04 bits per heavy atom. The second-order valence-corrected chi connectivity index (χ2v) is 7.07. The van der Waals surface area contributed by atoms with Crippen LogP contribution in [0.2, 0.25) is 0 Å². The summed E-state index contributed by atoms with van der Waals surface area (Å²) in [6, 6.07) is 20.4. The number of para-hydroxylation sites is 1. The number of carbonyl (C=O) groups is 1. The highest BCUT2D eigenvalue weighted by Gasteiger charge is 2.29. The number of fused-ring (bicyclic) bond motifs is 1. The molecule has 1 aliphatic rings. The van der Waals surface area contributed by atoms with E-state index in [2.05, 4.69) is 23.5 Å². The molecule has 4 rings (SSSR count). The molecule has 3 nitrogen and oxygen atoms in total. The topological polar surface area (TPSA) is 38.3 Å². The maximum Gasteiger partial charge on any atom is 0.225 e. The molecule has 2 aromatic carbocycles. The van der Waals surface area contributed by atoms with Crippen LogP contribution in [0.3, 0.4) is 0 Å². The number of amides is 1. The van der Waals surface area contributed by atoms with Gasteiger partial charge in [-0.1, -0.05) is 48.5 Å². The maximum atomic E-state index is 12.1. The standard InChI is InChI=1S/C21H19NO2S/c23-20-14-17(21-18(22-20)11-13-25-21)16-8-4-5-9-19(16)24-12-10-15-6-2-1-3-7-15/h1-9,11,13,17H,10,12,14H2,(H,22,23)/t17-/m1/s1. The van der Waals surface area contributed by atoms with Crippen molar-refractivity contribution in [3.63, 3.8) is 0 Å². The molecular weight excluding hydrogens is 330 g/mol. The van der Waals surface area contributed by atoms with E-state index in [1.807, 2.05) is 47.8 Å². The predicted molar refractivity (Wildman–Crippen MR) is 101 cm³/mol. The lowest BCUT2D eigenvalue weighted by Gasteiger charge is -2.24. The van der Waals surface area contributed by atoms with Crippen molar-refractivity contribution < 1.29 is 9.53 Å². The summed E-state index contributed by atoms with van der Waals surface area (Å²) in [7, 11) is 0. The molecule has 126 valence electrons. The summed E-state index contributed by atoms with van der Waals surface area (Å²) in [5, 5.41) is 4.98. The van der Waals surface area contributed by atoms with Crippen LogP contribution in [-0.2, 0) is 11.2 Å². The van der Waals surface area contributed by atoms with Crippen LogP contribution < -0.4 is 10.1 Å². The van der Waals surface area contributed by atoms with E-state index in [-0.39, 0.29) is 11.8 Å². The highest BCUT2D eigenvalue weighted by molar-refractivity contribution is 7.10. The quantitative estimate of drug-likeness (QED) is 0.715. The fraction of sp³-hybridized carbons (Fsp3) is 0.190. The average Bonchev–Trinajstić information content (AvgIpc) is 3.11. The molecule has 1 atom stereocenters. The van der Waals surface area contributed by atoms with Gasteiger partial charge in [0, 0.05) is 29.2 Å². The van der Waals surface area contributed by atoms with Gasteiger partial charge < -0.3 is 10.1 Å². The Bertz CT molecular complexity index is 872. The smallest absolute Gasteiger partial charge is 0.225 e. The molecule has 25 heavy (non-hydrogen) atoms. The Morgan fingerprint density at radius 2 is 1.84 bits per heavy atom. The molecule has 0 radical (unpaired) electrons. The van der Waals surface area contributed by atoms with Gasteiger partial charge in [0.2, 0.25) is 5.91 Å². The zero-order valence-corrected chi connectivity index (χ0v) is 14.6. The molecular formula is C21H19NO2S. The molecule has 0 saturated heterocycles. The molecule has 1 amide bonds. The number of thiophene rings is 1. The van der Waals surface area contributed by atoms with Crippen LogP contribution in [0.4, 0.5) is 5.69 Å². The van der Waals surface area contributed by atoms with Crippen LogP contribution >= 0.6 is 11.3 Å². The number of rotatable bonds is 5. The summed E-state index contributed by atoms with van der Waals surface area (Å²) in [5.41, 5.74) is 3.29. The monoisotopic (exact) mass is 349 g/mol. The molecule has 0 fully saturated rings. The highest BCUT2D eigenvalue weighted by Crippen LogP contribution is 2.43. The Labute approximate surface area is 151 Å². The van der Waals surface area contributed by atoms with E-state index in [0.29, 0.717) is 13.0 Å². The summed E-state index contributed by atoms with van der Waals surface area (Å²) in [6.07, 6.45) is 1.33. The number of hydrogen-bond donors (Lipinski definition) is 1. The number of benzene rings is 2. The van der Waals surface area contributed by atoms with E-state index in [4.69, 9.17) is 4.74 Å². The second-order valence-electron chi connectivity index (χ2n) is 6.13. The first-order valence-electron chi connectivity index (χ1n) is 8.44. The van der Waals surface area contributed by atoms with Gasteiger partial charge in [0.05, 0.1) is 12.3 Å². The first kappa shape index (κ1) is 15.9. The number of anilines is 1. The van der Waals surface area contributed by atoms with Crippen molar-refractivity contribution in [1.29, 1.82) is 0 Å². The van der Waals surface area contributed by atoms with Crippen LogP contribution in [-0.4, -0.2) is 12.5 Å². The minimum atomic E-state index is 0.0648. The summed E-state index contributed by atoms with van der Waals surface area (Å²) >= 11 is 1.69. The Balaban J connectivity index is 1.55. The van der Waals surface area contributed by atoms with Crippen molar-refractivity contribution in [2.75, 3.05) is 11.9 Å². The van der Waals surface area contributed by atoms with Crippen LogP contribution in [0.15, 0.2) is 66.0 Å². The minimum Gasteiger partial charge on any atom is -0.493 e. The van der Waals surface area contributed by atoms with Crippen LogP contribution in [0.25, 0.3) is 0 Å². The van der Waals surface area contributed by atoms with E-state index in [1.54, 1.807) is 11.3 Å². The van der Waals surface area contributed by atoms with Crippen molar-refractivity contribution >= 4 is 22.9 Å². The van der Waals surface area contributed by atoms with E-state index in [1.165, 1.54) is 10.4 Å². The highest BCUT2D eigenvalue weighted by atomic mass is 32.1. The minimum absolute atomic E-state index is 0.0648. The fourth-order valence-electron chi connectivity index (χ4n) is 3.25. The molecule has 0 bridgehead atoms. The fourth-order valence-corrected chi connectivity index (χ4v) is 4.22. The third kappa shape index (κ3) is 3.44. The lowest BCUT2D eigenvalue weighted by molar-refractivity contribution is -0.116. The van der Waals surface area contributed by atoms with E-state index in [0.717, 1.165) is 23.4 Å². The van der Waals surface area contributed by atoms with E-state index < -0.39 is 0 Å². The lowest BCUT2D eigenvalue weighted by Crippen LogP contribution is -2.22. The summed E-state index contributed by atoms with van der Waals surface area (Å²) < 4.78 is 6.09. The van der Waals surface area contributed by atoms with Gasteiger partial charge in [-0.15, -0.1) is 11.3 Å². The van der Waals surface area contributed by atoms with Crippen molar-refractivity contribution in [3.8, 4) is 5.75 Å².